The molecular weight excluding hydrogens is 465 g/mol. The molecule has 0 bridgehead atoms. The van der Waals surface area contributed by atoms with Gasteiger partial charge in [0.15, 0.2) is 15.8 Å². The van der Waals surface area contributed by atoms with Crippen molar-refractivity contribution in [2.75, 3.05) is 33.0 Å². The van der Waals surface area contributed by atoms with Gasteiger partial charge in [-0.15, -0.1) is 24.0 Å². The molecule has 0 saturated carbocycles. The number of sulfone groups is 1. The standard InChI is InChI=1S/C18H31N3O3S.HI/c1-18(2,3)16(24-5)14-21-17(19-4)20-12-9-13-25(22,23)15-10-7-6-8-11-15;/h6-8,10-11,16H,9,12-14H2,1-5H3,(H2,19,20,21);1H. The van der Waals surface area contributed by atoms with E-state index in [1.54, 1.807) is 44.5 Å². The van der Waals surface area contributed by atoms with Gasteiger partial charge in [0.05, 0.1) is 16.8 Å². The lowest BCUT2D eigenvalue weighted by atomic mass is 9.89. The Labute approximate surface area is 175 Å². The van der Waals surface area contributed by atoms with Crippen LogP contribution in [0.3, 0.4) is 0 Å². The Hall–Kier alpha value is -0.870. The van der Waals surface area contributed by atoms with Crippen molar-refractivity contribution in [3.63, 3.8) is 0 Å². The minimum Gasteiger partial charge on any atom is -0.379 e. The van der Waals surface area contributed by atoms with E-state index in [-0.39, 0.29) is 41.2 Å². The van der Waals surface area contributed by atoms with Gasteiger partial charge in [0, 0.05) is 27.2 Å². The SMILES string of the molecule is CN=C(NCCCS(=O)(=O)c1ccccc1)NCC(OC)C(C)(C)C.I. The predicted octanol–water partition coefficient (Wildman–Crippen LogP) is 2.69. The minimum absolute atomic E-state index is 0. The summed E-state index contributed by atoms with van der Waals surface area (Å²) in [5.41, 5.74) is 0.0182. The van der Waals surface area contributed by atoms with Gasteiger partial charge in [0.1, 0.15) is 0 Å². The minimum atomic E-state index is -3.23. The number of methoxy groups -OCH3 is 1. The maximum atomic E-state index is 12.2. The number of hydrogen-bond donors (Lipinski definition) is 2. The van der Waals surface area contributed by atoms with E-state index in [0.29, 0.717) is 30.4 Å². The van der Waals surface area contributed by atoms with Gasteiger partial charge < -0.3 is 15.4 Å². The first-order chi connectivity index (χ1) is 11.7. The van der Waals surface area contributed by atoms with Crippen molar-refractivity contribution >= 4 is 39.8 Å². The van der Waals surface area contributed by atoms with E-state index in [9.17, 15) is 8.42 Å². The Morgan fingerprint density at radius 3 is 2.31 bits per heavy atom. The number of hydrogen-bond acceptors (Lipinski definition) is 4. The number of benzene rings is 1. The zero-order valence-electron chi connectivity index (χ0n) is 16.3. The average molecular weight is 497 g/mol. The van der Waals surface area contributed by atoms with Crippen LogP contribution in [-0.2, 0) is 14.6 Å². The van der Waals surface area contributed by atoms with E-state index in [4.69, 9.17) is 4.74 Å². The molecule has 1 aromatic carbocycles. The summed E-state index contributed by atoms with van der Waals surface area (Å²) in [5.74, 6) is 0.743. The summed E-state index contributed by atoms with van der Waals surface area (Å²) in [6.07, 6.45) is 0.551. The molecule has 1 aromatic rings. The third-order valence-electron chi connectivity index (χ3n) is 3.91. The lowest BCUT2D eigenvalue weighted by molar-refractivity contribution is 0.0205. The van der Waals surface area contributed by atoms with Crippen molar-refractivity contribution in [3.05, 3.63) is 30.3 Å². The van der Waals surface area contributed by atoms with E-state index in [1.807, 2.05) is 0 Å². The molecule has 0 heterocycles. The normalized spacial score (nSPS) is 13.7. The largest absolute Gasteiger partial charge is 0.379 e. The molecule has 0 aliphatic carbocycles. The van der Waals surface area contributed by atoms with E-state index < -0.39 is 9.84 Å². The Morgan fingerprint density at radius 2 is 1.81 bits per heavy atom. The molecule has 0 aliphatic rings. The molecule has 6 nitrogen and oxygen atoms in total. The molecule has 8 heteroatoms. The van der Waals surface area contributed by atoms with E-state index in [1.165, 1.54) is 0 Å². The van der Waals surface area contributed by atoms with E-state index in [2.05, 4.69) is 36.4 Å². The highest BCUT2D eigenvalue weighted by molar-refractivity contribution is 14.0. The molecule has 0 radical (unpaired) electrons. The number of nitrogens with one attached hydrogen (secondary N) is 2. The summed E-state index contributed by atoms with van der Waals surface area (Å²) in [5, 5.41) is 6.36. The van der Waals surface area contributed by atoms with Crippen molar-refractivity contribution in [1.29, 1.82) is 0 Å². The van der Waals surface area contributed by atoms with Crippen LogP contribution in [0.15, 0.2) is 40.2 Å². The van der Waals surface area contributed by atoms with Crippen LogP contribution in [0, 0.1) is 5.41 Å². The second kappa shape index (κ2) is 11.8. The molecule has 1 unspecified atom stereocenters. The first-order valence-electron chi connectivity index (χ1n) is 8.46. The van der Waals surface area contributed by atoms with Crippen LogP contribution in [0.2, 0.25) is 0 Å². The highest BCUT2D eigenvalue weighted by atomic mass is 127. The summed E-state index contributed by atoms with van der Waals surface area (Å²) in [7, 11) is 0.152. The van der Waals surface area contributed by atoms with Gasteiger partial charge in [-0.05, 0) is 24.0 Å². The summed E-state index contributed by atoms with van der Waals surface area (Å²) in [6.45, 7) is 7.51. The van der Waals surface area contributed by atoms with Gasteiger partial charge >= 0.3 is 0 Å². The zero-order chi connectivity index (χ0) is 18.9. The topological polar surface area (TPSA) is 79.8 Å². The predicted molar refractivity (Wildman–Crippen MR) is 118 cm³/mol. The number of rotatable bonds is 8. The van der Waals surface area contributed by atoms with Crippen LogP contribution < -0.4 is 10.6 Å². The van der Waals surface area contributed by atoms with Gasteiger partial charge in [-0.1, -0.05) is 39.0 Å². The second-order valence-electron chi connectivity index (χ2n) is 6.96. The molecule has 26 heavy (non-hydrogen) atoms. The molecule has 1 rings (SSSR count). The van der Waals surface area contributed by atoms with Crippen molar-refractivity contribution in [1.82, 2.24) is 10.6 Å². The number of guanidine groups is 1. The molecule has 0 aliphatic heterocycles. The third kappa shape index (κ3) is 8.68. The van der Waals surface area contributed by atoms with Crippen LogP contribution in [0.1, 0.15) is 27.2 Å². The maximum Gasteiger partial charge on any atom is 0.191 e. The van der Waals surface area contributed by atoms with Crippen LogP contribution in [0.5, 0.6) is 0 Å². The highest BCUT2D eigenvalue weighted by Gasteiger charge is 2.24. The summed E-state index contributed by atoms with van der Waals surface area (Å²) >= 11 is 0. The molecule has 0 aromatic heterocycles. The van der Waals surface area contributed by atoms with Crippen LogP contribution in [0.4, 0.5) is 0 Å². The fourth-order valence-corrected chi connectivity index (χ4v) is 3.70. The Balaban J connectivity index is 0.00000625. The van der Waals surface area contributed by atoms with Gasteiger partial charge in [0.25, 0.3) is 0 Å². The quantitative estimate of drug-likeness (QED) is 0.250. The number of halogens is 1. The molecule has 0 fully saturated rings. The lowest BCUT2D eigenvalue weighted by Crippen LogP contribution is -2.45. The zero-order valence-corrected chi connectivity index (χ0v) is 19.4. The lowest BCUT2D eigenvalue weighted by Gasteiger charge is -2.30. The molecule has 0 saturated heterocycles. The number of aliphatic imine (C=N–C) groups is 1. The molecule has 0 amide bonds. The van der Waals surface area contributed by atoms with Crippen LogP contribution in [0.25, 0.3) is 0 Å². The van der Waals surface area contributed by atoms with Gasteiger partial charge in [0.2, 0.25) is 0 Å². The van der Waals surface area contributed by atoms with Gasteiger partial charge in [-0.3, -0.25) is 4.99 Å². The van der Waals surface area contributed by atoms with Crippen LogP contribution >= 0.6 is 24.0 Å². The molecular formula is C18H32IN3O3S. The highest BCUT2D eigenvalue weighted by Crippen LogP contribution is 2.20. The van der Waals surface area contributed by atoms with Crippen molar-refractivity contribution in [2.45, 2.75) is 38.2 Å². The van der Waals surface area contributed by atoms with E-state index in [0.717, 1.165) is 0 Å². The summed E-state index contributed by atoms with van der Waals surface area (Å²) in [4.78, 5) is 4.52. The van der Waals surface area contributed by atoms with Gasteiger partial charge in [-0.2, -0.15) is 0 Å². The maximum absolute atomic E-state index is 12.2. The van der Waals surface area contributed by atoms with E-state index >= 15 is 0 Å². The van der Waals surface area contributed by atoms with Crippen molar-refractivity contribution in [3.8, 4) is 0 Å². The first-order valence-corrected chi connectivity index (χ1v) is 10.1. The van der Waals surface area contributed by atoms with Gasteiger partial charge in [-0.25, -0.2) is 8.42 Å². The third-order valence-corrected chi connectivity index (χ3v) is 5.73. The Kier molecular flexibility index (Phi) is 11.4. The molecule has 1 atom stereocenters. The molecule has 150 valence electrons. The summed E-state index contributed by atoms with van der Waals surface area (Å²) in [6, 6.07) is 8.53. The summed E-state index contributed by atoms with van der Waals surface area (Å²) < 4.78 is 29.9. The van der Waals surface area contributed by atoms with Crippen molar-refractivity contribution in [2.24, 2.45) is 10.4 Å². The fraction of sp³-hybridized carbons (Fsp3) is 0.611. The monoisotopic (exact) mass is 497 g/mol. The average Bonchev–Trinajstić information content (AvgIpc) is 2.56. The molecule has 0 spiro atoms. The number of nitrogens with zero attached hydrogens (tertiary/aromatic N) is 1. The Morgan fingerprint density at radius 1 is 1.19 bits per heavy atom. The fourth-order valence-electron chi connectivity index (χ4n) is 2.37. The molecule has 2 N–H and O–H groups in total. The number of ether oxygens (including phenoxy) is 1. The first kappa shape index (κ1) is 25.1. The smallest absolute Gasteiger partial charge is 0.191 e. The van der Waals surface area contributed by atoms with Crippen LogP contribution in [-0.4, -0.2) is 53.5 Å². The Bertz CT molecular complexity index is 643. The second-order valence-corrected chi connectivity index (χ2v) is 9.06. The van der Waals surface area contributed by atoms with Crippen molar-refractivity contribution < 1.29 is 13.2 Å².